The predicted molar refractivity (Wildman–Crippen MR) is 79.5 cm³/mol. The van der Waals surface area contributed by atoms with Crippen LogP contribution >= 0.6 is 11.6 Å². The van der Waals surface area contributed by atoms with E-state index < -0.39 is 0 Å². The second-order valence-electron chi connectivity index (χ2n) is 3.95. The highest BCUT2D eigenvalue weighted by molar-refractivity contribution is 6.33. The fourth-order valence-corrected chi connectivity index (χ4v) is 1.73. The SMILES string of the molecule is COc1ccc(C(=O)N/N=C\c2ccccc2Cl)cc1. The van der Waals surface area contributed by atoms with Gasteiger partial charge in [-0.3, -0.25) is 4.79 Å². The summed E-state index contributed by atoms with van der Waals surface area (Å²) in [5, 5.41) is 4.46. The Kier molecular flexibility index (Phi) is 4.74. The van der Waals surface area contributed by atoms with Gasteiger partial charge in [-0.25, -0.2) is 5.43 Å². The lowest BCUT2D eigenvalue weighted by Gasteiger charge is -2.02. The molecule has 0 bridgehead atoms. The van der Waals surface area contributed by atoms with Crippen molar-refractivity contribution < 1.29 is 9.53 Å². The molecule has 2 aromatic rings. The zero-order chi connectivity index (χ0) is 14.4. The van der Waals surface area contributed by atoms with Crippen molar-refractivity contribution in [2.45, 2.75) is 0 Å². The van der Waals surface area contributed by atoms with E-state index >= 15 is 0 Å². The predicted octanol–water partition coefficient (Wildman–Crippen LogP) is 3.11. The number of halogens is 1. The first-order valence-corrected chi connectivity index (χ1v) is 6.30. The molecule has 0 radical (unpaired) electrons. The molecule has 1 N–H and O–H groups in total. The summed E-state index contributed by atoms with van der Waals surface area (Å²) in [6.07, 6.45) is 1.50. The number of methoxy groups -OCH3 is 1. The number of carbonyl (C=O) groups excluding carboxylic acids is 1. The highest BCUT2D eigenvalue weighted by Crippen LogP contribution is 2.12. The Hall–Kier alpha value is -2.33. The van der Waals surface area contributed by atoms with Gasteiger partial charge in [-0.15, -0.1) is 0 Å². The van der Waals surface area contributed by atoms with Crippen LogP contribution < -0.4 is 10.2 Å². The Morgan fingerprint density at radius 2 is 1.90 bits per heavy atom. The zero-order valence-electron chi connectivity index (χ0n) is 10.8. The molecule has 0 saturated carbocycles. The van der Waals surface area contributed by atoms with Gasteiger partial charge in [0.05, 0.1) is 13.3 Å². The maximum Gasteiger partial charge on any atom is 0.271 e. The van der Waals surface area contributed by atoms with Gasteiger partial charge in [0.2, 0.25) is 0 Å². The first-order valence-electron chi connectivity index (χ1n) is 5.92. The molecule has 0 heterocycles. The van der Waals surface area contributed by atoms with E-state index in [-0.39, 0.29) is 5.91 Å². The Morgan fingerprint density at radius 1 is 1.20 bits per heavy atom. The van der Waals surface area contributed by atoms with Gasteiger partial charge in [0, 0.05) is 16.1 Å². The summed E-state index contributed by atoms with van der Waals surface area (Å²) in [6.45, 7) is 0. The molecule has 0 atom stereocenters. The maximum atomic E-state index is 11.8. The van der Waals surface area contributed by atoms with E-state index in [2.05, 4.69) is 10.5 Å². The van der Waals surface area contributed by atoms with Crippen LogP contribution in [0.1, 0.15) is 15.9 Å². The molecule has 0 fully saturated rings. The first-order chi connectivity index (χ1) is 9.70. The Labute approximate surface area is 122 Å². The summed E-state index contributed by atoms with van der Waals surface area (Å²) in [7, 11) is 1.57. The molecular formula is C15H13ClN2O2. The summed E-state index contributed by atoms with van der Waals surface area (Å²) >= 11 is 5.97. The fraction of sp³-hybridized carbons (Fsp3) is 0.0667. The number of hydrogen-bond donors (Lipinski definition) is 1. The first kappa shape index (κ1) is 14.1. The average Bonchev–Trinajstić information content (AvgIpc) is 2.49. The van der Waals surface area contributed by atoms with Crippen molar-refractivity contribution in [1.29, 1.82) is 0 Å². The van der Waals surface area contributed by atoms with Gasteiger partial charge < -0.3 is 4.74 Å². The number of rotatable bonds is 4. The zero-order valence-corrected chi connectivity index (χ0v) is 11.6. The van der Waals surface area contributed by atoms with Crippen molar-refractivity contribution in [2.24, 2.45) is 5.10 Å². The molecule has 0 aliphatic rings. The second kappa shape index (κ2) is 6.73. The van der Waals surface area contributed by atoms with E-state index in [0.29, 0.717) is 16.3 Å². The molecule has 1 amide bonds. The highest BCUT2D eigenvalue weighted by Gasteiger charge is 2.03. The van der Waals surface area contributed by atoms with Crippen LogP contribution in [-0.2, 0) is 0 Å². The van der Waals surface area contributed by atoms with Crippen molar-refractivity contribution in [2.75, 3.05) is 7.11 Å². The normalized spacial score (nSPS) is 10.5. The van der Waals surface area contributed by atoms with Crippen LogP contribution in [0.25, 0.3) is 0 Å². The number of hydrazone groups is 1. The van der Waals surface area contributed by atoms with Crippen molar-refractivity contribution in [1.82, 2.24) is 5.43 Å². The van der Waals surface area contributed by atoms with Crippen molar-refractivity contribution in [3.8, 4) is 5.75 Å². The molecular weight excluding hydrogens is 276 g/mol. The summed E-state index contributed by atoms with van der Waals surface area (Å²) in [5.74, 6) is 0.400. The number of benzene rings is 2. The fourth-order valence-electron chi connectivity index (χ4n) is 1.55. The molecule has 2 rings (SSSR count). The van der Waals surface area contributed by atoms with Crippen LogP contribution in [0.4, 0.5) is 0 Å². The van der Waals surface area contributed by atoms with Gasteiger partial charge >= 0.3 is 0 Å². The molecule has 4 nitrogen and oxygen atoms in total. The van der Waals surface area contributed by atoms with Gasteiger partial charge in [-0.05, 0) is 30.3 Å². The van der Waals surface area contributed by atoms with Gasteiger partial charge in [0.15, 0.2) is 0 Å². The third-order valence-electron chi connectivity index (χ3n) is 2.63. The van der Waals surface area contributed by atoms with Crippen LogP contribution in [0.3, 0.4) is 0 Å². The largest absolute Gasteiger partial charge is 0.497 e. The number of amides is 1. The number of ether oxygens (including phenoxy) is 1. The summed E-state index contributed by atoms with van der Waals surface area (Å²) in [5.41, 5.74) is 3.69. The quantitative estimate of drug-likeness (QED) is 0.694. The van der Waals surface area contributed by atoms with E-state index in [9.17, 15) is 4.79 Å². The molecule has 0 spiro atoms. The average molecular weight is 289 g/mol. The smallest absolute Gasteiger partial charge is 0.271 e. The van der Waals surface area contributed by atoms with Crippen molar-refractivity contribution >= 4 is 23.7 Å². The molecule has 0 aromatic heterocycles. The van der Waals surface area contributed by atoms with E-state index in [1.54, 1.807) is 37.4 Å². The summed E-state index contributed by atoms with van der Waals surface area (Å²) in [6, 6.07) is 14.0. The lowest BCUT2D eigenvalue weighted by Crippen LogP contribution is -2.17. The number of carbonyl (C=O) groups is 1. The van der Waals surface area contributed by atoms with E-state index in [1.807, 2.05) is 18.2 Å². The van der Waals surface area contributed by atoms with Crippen LogP contribution in [0.5, 0.6) is 5.75 Å². The summed E-state index contributed by atoms with van der Waals surface area (Å²) < 4.78 is 5.03. The second-order valence-corrected chi connectivity index (χ2v) is 4.36. The highest BCUT2D eigenvalue weighted by atomic mass is 35.5. The van der Waals surface area contributed by atoms with Crippen LogP contribution in [0.15, 0.2) is 53.6 Å². The van der Waals surface area contributed by atoms with Crippen LogP contribution in [0.2, 0.25) is 5.02 Å². The molecule has 0 aliphatic heterocycles. The van der Waals surface area contributed by atoms with Crippen LogP contribution in [0, 0.1) is 0 Å². The van der Waals surface area contributed by atoms with Crippen molar-refractivity contribution in [3.05, 3.63) is 64.7 Å². The van der Waals surface area contributed by atoms with E-state index in [0.717, 1.165) is 5.56 Å². The minimum Gasteiger partial charge on any atom is -0.497 e. The van der Waals surface area contributed by atoms with E-state index in [4.69, 9.17) is 16.3 Å². The van der Waals surface area contributed by atoms with E-state index in [1.165, 1.54) is 6.21 Å². The standard InChI is InChI=1S/C15H13ClN2O2/c1-20-13-8-6-11(7-9-13)15(19)18-17-10-12-4-2-3-5-14(12)16/h2-10H,1H3,(H,18,19)/b17-10-. The topological polar surface area (TPSA) is 50.7 Å². The van der Waals surface area contributed by atoms with Crippen molar-refractivity contribution in [3.63, 3.8) is 0 Å². The maximum absolute atomic E-state index is 11.8. The molecule has 102 valence electrons. The third kappa shape index (κ3) is 3.59. The van der Waals surface area contributed by atoms with Crippen LogP contribution in [-0.4, -0.2) is 19.2 Å². The van der Waals surface area contributed by atoms with Gasteiger partial charge in [0.1, 0.15) is 5.75 Å². The molecule has 0 aliphatic carbocycles. The number of hydrogen-bond acceptors (Lipinski definition) is 3. The molecule has 5 heteroatoms. The summed E-state index contributed by atoms with van der Waals surface area (Å²) in [4.78, 5) is 11.8. The lowest BCUT2D eigenvalue weighted by atomic mass is 10.2. The lowest BCUT2D eigenvalue weighted by molar-refractivity contribution is 0.0955. The molecule has 0 unspecified atom stereocenters. The molecule has 0 saturated heterocycles. The number of nitrogens with one attached hydrogen (secondary N) is 1. The van der Waals surface area contributed by atoms with Gasteiger partial charge in [-0.1, -0.05) is 29.8 Å². The molecule has 20 heavy (non-hydrogen) atoms. The third-order valence-corrected chi connectivity index (χ3v) is 2.97. The van der Waals surface area contributed by atoms with Gasteiger partial charge in [-0.2, -0.15) is 5.10 Å². The van der Waals surface area contributed by atoms with Gasteiger partial charge in [0.25, 0.3) is 5.91 Å². The Morgan fingerprint density at radius 3 is 2.55 bits per heavy atom. The molecule has 2 aromatic carbocycles. The number of nitrogens with zero attached hydrogens (tertiary/aromatic N) is 1. The minimum absolute atomic E-state index is 0.295. The Balaban J connectivity index is 1.99. The monoisotopic (exact) mass is 288 g/mol. The Bertz CT molecular complexity index is 624. The minimum atomic E-state index is -0.295.